The highest BCUT2D eigenvalue weighted by Crippen LogP contribution is 2.40. The number of benzene rings is 1. The highest BCUT2D eigenvalue weighted by atomic mass is 17.2. The summed E-state index contributed by atoms with van der Waals surface area (Å²) >= 11 is 0. The Labute approximate surface area is 111 Å². The lowest BCUT2D eigenvalue weighted by Crippen LogP contribution is -2.25. The maximum Gasteiger partial charge on any atom is 0.182 e. The first-order valence-corrected chi connectivity index (χ1v) is 6.30. The van der Waals surface area contributed by atoms with Gasteiger partial charge in [-0.2, -0.15) is 0 Å². The lowest BCUT2D eigenvalue weighted by Gasteiger charge is -2.33. The summed E-state index contributed by atoms with van der Waals surface area (Å²) in [5.74, 6) is 0.756. The van der Waals surface area contributed by atoms with Gasteiger partial charge in [-0.25, -0.2) is 0 Å². The van der Waals surface area contributed by atoms with Crippen LogP contribution in [0.4, 0.5) is 0 Å². The summed E-state index contributed by atoms with van der Waals surface area (Å²) in [7, 11) is 0. The van der Waals surface area contributed by atoms with Crippen molar-refractivity contribution in [2.24, 2.45) is 5.41 Å². The number of rotatable bonds is 5. The summed E-state index contributed by atoms with van der Waals surface area (Å²) in [6, 6.07) is 7.98. The lowest BCUT2D eigenvalue weighted by molar-refractivity contribution is -0.150. The highest BCUT2D eigenvalue weighted by Gasteiger charge is 2.30. The summed E-state index contributed by atoms with van der Waals surface area (Å²) in [6.45, 7) is 14.7. The minimum absolute atomic E-state index is 0.0272. The molecule has 0 aromatic heterocycles. The van der Waals surface area contributed by atoms with Crippen LogP contribution in [0.2, 0.25) is 0 Å². The third kappa shape index (κ3) is 4.10. The highest BCUT2D eigenvalue weighted by molar-refractivity contribution is 5.38. The maximum atomic E-state index is 5.27. The summed E-state index contributed by atoms with van der Waals surface area (Å²) in [4.78, 5) is 10.1. The molecule has 0 radical (unpaired) electrons. The predicted molar refractivity (Wildman–Crippen MR) is 75.5 cm³/mol. The predicted octanol–water partition coefficient (Wildman–Crippen LogP) is 4.85. The molecule has 0 aliphatic carbocycles. The van der Waals surface area contributed by atoms with Gasteiger partial charge in [0.15, 0.2) is 5.75 Å². The van der Waals surface area contributed by atoms with Gasteiger partial charge in [0.1, 0.15) is 6.26 Å². The first kappa shape index (κ1) is 14.6. The molecule has 18 heavy (non-hydrogen) atoms. The molecule has 1 aromatic rings. The fourth-order valence-electron chi connectivity index (χ4n) is 2.61. The zero-order valence-electron chi connectivity index (χ0n) is 12.1. The molecule has 1 aromatic carbocycles. The van der Waals surface area contributed by atoms with E-state index in [1.54, 1.807) is 0 Å². The molecule has 0 heterocycles. The van der Waals surface area contributed by atoms with E-state index in [1.165, 1.54) is 6.26 Å². The van der Waals surface area contributed by atoms with E-state index in [9.17, 15) is 0 Å². The number of hydrogen-bond donors (Lipinski definition) is 0. The van der Waals surface area contributed by atoms with Crippen LogP contribution < -0.4 is 4.89 Å². The van der Waals surface area contributed by atoms with Gasteiger partial charge in [0, 0.05) is 5.56 Å². The quantitative estimate of drug-likeness (QED) is 0.421. The summed E-state index contributed by atoms with van der Waals surface area (Å²) in [5, 5.41) is 0. The van der Waals surface area contributed by atoms with Crippen molar-refractivity contribution in [2.75, 3.05) is 0 Å². The molecular formula is C16H24O2. The van der Waals surface area contributed by atoms with Gasteiger partial charge < -0.3 is 0 Å². The Balaban J connectivity index is 3.03. The monoisotopic (exact) mass is 248 g/mol. The molecule has 0 unspecified atom stereocenters. The van der Waals surface area contributed by atoms with E-state index in [2.05, 4.69) is 47.3 Å². The minimum Gasteiger partial charge on any atom is -0.299 e. The smallest absolute Gasteiger partial charge is 0.182 e. The van der Waals surface area contributed by atoms with Crippen molar-refractivity contribution in [3.05, 3.63) is 42.7 Å². The van der Waals surface area contributed by atoms with Crippen LogP contribution >= 0.6 is 0 Å². The van der Waals surface area contributed by atoms with Crippen molar-refractivity contribution in [1.82, 2.24) is 0 Å². The molecule has 0 fully saturated rings. The van der Waals surface area contributed by atoms with Crippen LogP contribution in [-0.2, 0) is 10.3 Å². The Morgan fingerprint density at radius 3 is 2.28 bits per heavy atom. The Morgan fingerprint density at radius 1 is 1.11 bits per heavy atom. The van der Waals surface area contributed by atoms with Gasteiger partial charge in [-0.3, -0.25) is 9.78 Å². The van der Waals surface area contributed by atoms with Crippen LogP contribution in [0.1, 0.15) is 46.6 Å². The van der Waals surface area contributed by atoms with Crippen LogP contribution in [0.25, 0.3) is 0 Å². The van der Waals surface area contributed by atoms with Gasteiger partial charge >= 0.3 is 0 Å². The van der Waals surface area contributed by atoms with E-state index in [0.717, 1.165) is 17.7 Å². The van der Waals surface area contributed by atoms with Crippen molar-refractivity contribution < 1.29 is 9.78 Å². The fourth-order valence-corrected chi connectivity index (χ4v) is 2.61. The van der Waals surface area contributed by atoms with E-state index in [1.807, 2.05) is 18.2 Å². The van der Waals surface area contributed by atoms with Gasteiger partial charge in [-0.05, 0) is 23.3 Å². The van der Waals surface area contributed by atoms with Crippen LogP contribution in [0.3, 0.4) is 0 Å². The summed E-state index contributed by atoms with van der Waals surface area (Å²) < 4.78 is 0. The third-order valence-electron chi connectivity index (χ3n) is 2.79. The van der Waals surface area contributed by atoms with E-state index >= 15 is 0 Å². The average molecular weight is 248 g/mol. The van der Waals surface area contributed by atoms with Crippen LogP contribution in [0.15, 0.2) is 37.1 Å². The van der Waals surface area contributed by atoms with Gasteiger partial charge in [0.25, 0.3) is 0 Å². The number of hydrogen-bond acceptors (Lipinski definition) is 2. The molecular weight excluding hydrogens is 224 g/mol. The second-order valence-electron chi connectivity index (χ2n) is 6.46. The van der Waals surface area contributed by atoms with Crippen molar-refractivity contribution in [2.45, 2.75) is 46.5 Å². The number of para-hydroxylation sites is 1. The fraction of sp³-hybridized carbons (Fsp3) is 0.500. The van der Waals surface area contributed by atoms with Crippen LogP contribution in [0.5, 0.6) is 5.75 Å². The third-order valence-corrected chi connectivity index (χ3v) is 2.79. The van der Waals surface area contributed by atoms with Gasteiger partial charge in [-0.1, -0.05) is 59.4 Å². The second-order valence-corrected chi connectivity index (χ2v) is 6.46. The lowest BCUT2D eigenvalue weighted by atomic mass is 9.72. The Hall–Kier alpha value is -1.44. The molecule has 2 heteroatoms. The van der Waals surface area contributed by atoms with Crippen molar-refractivity contribution in [3.8, 4) is 5.75 Å². The van der Waals surface area contributed by atoms with Crippen molar-refractivity contribution in [3.63, 3.8) is 0 Å². The topological polar surface area (TPSA) is 18.5 Å². The molecule has 0 aliphatic heterocycles. The Bertz CT molecular complexity index is 400. The Morgan fingerprint density at radius 2 is 1.72 bits per heavy atom. The van der Waals surface area contributed by atoms with E-state index in [4.69, 9.17) is 9.78 Å². The van der Waals surface area contributed by atoms with Crippen molar-refractivity contribution >= 4 is 0 Å². The average Bonchev–Trinajstić information content (AvgIpc) is 2.23. The van der Waals surface area contributed by atoms with Gasteiger partial charge in [0.2, 0.25) is 0 Å². The standard InChI is InChI=1S/C16H24O2/c1-7-17-18-14-11-9-8-10-13(14)16(5,6)12-15(2,3)4/h7-11H,1,12H2,2-6H3. The van der Waals surface area contributed by atoms with Crippen molar-refractivity contribution in [1.29, 1.82) is 0 Å². The molecule has 0 N–H and O–H groups in total. The van der Waals surface area contributed by atoms with E-state index < -0.39 is 0 Å². The molecule has 100 valence electrons. The maximum absolute atomic E-state index is 5.27. The molecule has 0 atom stereocenters. The molecule has 0 saturated carbocycles. The summed E-state index contributed by atoms with van der Waals surface area (Å²) in [6.07, 6.45) is 2.35. The zero-order chi connectivity index (χ0) is 13.8. The molecule has 0 saturated heterocycles. The second kappa shape index (κ2) is 5.47. The normalized spacial score (nSPS) is 12.1. The van der Waals surface area contributed by atoms with Crippen LogP contribution in [-0.4, -0.2) is 0 Å². The summed E-state index contributed by atoms with van der Waals surface area (Å²) in [5.41, 5.74) is 1.44. The Kier molecular flexibility index (Phi) is 4.44. The molecule has 0 aliphatic rings. The minimum atomic E-state index is 0.0272. The molecule has 0 amide bonds. The largest absolute Gasteiger partial charge is 0.299 e. The SMILES string of the molecule is C=COOc1ccccc1C(C)(C)CC(C)(C)C. The molecule has 2 nitrogen and oxygen atoms in total. The van der Waals surface area contributed by atoms with E-state index in [-0.39, 0.29) is 10.8 Å². The zero-order valence-corrected chi connectivity index (χ0v) is 12.1. The van der Waals surface area contributed by atoms with E-state index in [0.29, 0.717) is 0 Å². The van der Waals surface area contributed by atoms with Crippen LogP contribution in [0, 0.1) is 5.41 Å². The molecule has 0 spiro atoms. The molecule has 0 bridgehead atoms. The van der Waals surface area contributed by atoms with Gasteiger partial charge in [0.05, 0.1) is 0 Å². The first-order valence-electron chi connectivity index (χ1n) is 6.30. The molecule has 1 rings (SSSR count). The first-order chi connectivity index (χ1) is 8.26. The van der Waals surface area contributed by atoms with Gasteiger partial charge in [-0.15, -0.1) is 0 Å².